The van der Waals surface area contributed by atoms with Crippen molar-refractivity contribution in [1.29, 1.82) is 0 Å². The second-order valence-corrected chi connectivity index (χ2v) is 4.24. The lowest BCUT2D eigenvalue weighted by molar-refractivity contribution is 0.236. The van der Waals surface area contributed by atoms with E-state index in [0.717, 1.165) is 25.2 Å². The highest BCUT2D eigenvalue weighted by Crippen LogP contribution is 2.42. The highest BCUT2D eigenvalue weighted by atomic mass is 15.1. The summed E-state index contributed by atoms with van der Waals surface area (Å²) in [6.07, 6.45) is 6.54. The van der Waals surface area contributed by atoms with Crippen molar-refractivity contribution in [2.45, 2.75) is 12.8 Å². The highest BCUT2D eigenvalue weighted by Gasteiger charge is 2.38. The van der Waals surface area contributed by atoms with E-state index in [1.54, 1.807) is 6.20 Å². The van der Waals surface area contributed by atoms with Gasteiger partial charge in [0.15, 0.2) is 0 Å². The van der Waals surface area contributed by atoms with Gasteiger partial charge in [-0.2, -0.15) is 10.2 Å². The van der Waals surface area contributed by atoms with Gasteiger partial charge in [-0.3, -0.25) is 0 Å². The molecule has 14 heavy (non-hydrogen) atoms. The van der Waals surface area contributed by atoms with Gasteiger partial charge in [0.05, 0.1) is 5.69 Å². The van der Waals surface area contributed by atoms with Crippen LogP contribution < -0.4 is 5.32 Å². The van der Waals surface area contributed by atoms with Crippen molar-refractivity contribution in [2.75, 3.05) is 13.1 Å². The molecule has 1 aromatic heterocycles. The lowest BCUT2D eigenvalue weighted by atomic mass is 9.82. The molecule has 0 atom stereocenters. The molecule has 1 N–H and O–H groups in total. The van der Waals surface area contributed by atoms with E-state index in [4.69, 9.17) is 0 Å². The quantitative estimate of drug-likeness (QED) is 0.719. The SMILES string of the molecule is C1=C(c2cccnn2)CCC12CNC2. The Labute approximate surface area is 83.2 Å². The highest BCUT2D eigenvalue weighted by molar-refractivity contribution is 5.65. The smallest absolute Gasteiger partial charge is 0.0886 e. The van der Waals surface area contributed by atoms with Crippen LogP contribution in [0.4, 0.5) is 0 Å². The molecule has 0 saturated carbocycles. The fraction of sp³-hybridized carbons (Fsp3) is 0.455. The van der Waals surface area contributed by atoms with Crippen molar-refractivity contribution < 1.29 is 0 Å². The van der Waals surface area contributed by atoms with Gasteiger partial charge in [0.25, 0.3) is 0 Å². The number of aromatic nitrogens is 2. The van der Waals surface area contributed by atoms with E-state index in [-0.39, 0.29) is 0 Å². The predicted octanol–water partition coefficient (Wildman–Crippen LogP) is 1.24. The van der Waals surface area contributed by atoms with Gasteiger partial charge in [0.1, 0.15) is 0 Å². The van der Waals surface area contributed by atoms with Crippen LogP contribution in [0.15, 0.2) is 24.4 Å². The van der Waals surface area contributed by atoms with Crippen molar-refractivity contribution in [3.05, 3.63) is 30.1 Å². The Morgan fingerprint density at radius 1 is 1.36 bits per heavy atom. The van der Waals surface area contributed by atoms with E-state index < -0.39 is 0 Å². The summed E-state index contributed by atoms with van der Waals surface area (Å²) in [5.41, 5.74) is 2.88. The van der Waals surface area contributed by atoms with Crippen LogP contribution in [0.25, 0.3) is 5.57 Å². The first-order chi connectivity index (χ1) is 6.88. The molecule has 1 fully saturated rings. The third-order valence-electron chi connectivity index (χ3n) is 3.23. The summed E-state index contributed by atoms with van der Waals surface area (Å²) in [5, 5.41) is 11.4. The Kier molecular flexibility index (Phi) is 1.67. The topological polar surface area (TPSA) is 37.8 Å². The van der Waals surface area contributed by atoms with E-state index in [1.807, 2.05) is 12.1 Å². The van der Waals surface area contributed by atoms with Crippen LogP contribution in [-0.2, 0) is 0 Å². The summed E-state index contributed by atoms with van der Waals surface area (Å²) in [6.45, 7) is 2.27. The van der Waals surface area contributed by atoms with Crippen molar-refractivity contribution in [3.8, 4) is 0 Å². The molecule has 1 aliphatic heterocycles. The summed E-state index contributed by atoms with van der Waals surface area (Å²) in [5.74, 6) is 0. The molecule has 0 radical (unpaired) electrons. The minimum atomic E-state index is 0.451. The van der Waals surface area contributed by atoms with E-state index in [9.17, 15) is 0 Å². The third kappa shape index (κ3) is 1.16. The molecule has 0 bridgehead atoms. The Morgan fingerprint density at radius 3 is 2.86 bits per heavy atom. The number of hydrogen-bond donors (Lipinski definition) is 1. The fourth-order valence-corrected chi connectivity index (χ4v) is 2.30. The monoisotopic (exact) mass is 187 g/mol. The largest absolute Gasteiger partial charge is 0.315 e. The van der Waals surface area contributed by atoms with Gasteiger partial charge in [0, 0.05) is 24.7 Å². The van der Waals surface area contributed by atoms with E-state index in [1.165, 1.54) is 12.0 Å². The second kappa shape index (κ2) is 2.89. The number of allylic oxidation sites excluding steroid dienone is 1. The van der Waals surface area contributed by atoms with Crippen LogP contribution in [0.1, 0.15) is 18.5 Å². The Balaban J connectivity index is 1.91. The zero-order valence-electron chi connectivity index (χ0n) is 8.03. The number of nitrogens with zero attached hydrogens (tertiary/aromatic N) is 2. The lowest BCUT2D eigenvalue weighted by Gasteiger charge is -2.37. The van der Waals surface area contributed by atoms with E-state index in [2.05, 4.69) is 21.6 Å². The molecule has 3 heteroatoms. The summed E-state index contributed by atoms with van der Waals surface area (Å²) in [7, 11) is 0. The Bertz CT molecular complexity index is 365. The number of hydrogen-bond acceptors (Lipinski definition) is 3. The van der Waals surface area contributed by atoms with Crippen LogP contribution in [0.2, 0.25) is 0 Å². The standard InChI is InChI=1S/C11H13N3/c1-2-10(14-13-5-1)9-3-4-11(6-9)7-12-8-11/h1-2,5-6,12H,3-4,7-8H2. The molecule has 1 aromatic rings. The van der Waals surface area contributed by atoms with Crippen LogP contribution in [0.5, 0.6) is 0 Å². The minimum Gasteiger partial charge on any atom is -0.315 e. The molecule has 1 aliphatic carbocycles. The number of nitrogens with one attached hydrogen (secondary N) is 1. The van der Waals surface area contributed by atoms with Gasteiger partial charge in [-0.1, -0.05) is 6.08 Å². The normalized spacial score (nSPS) is 23.3. The van der Waals surface area contributed by atoms with Crippen LogP contribution in [0.3, 0.4) is 0 Å². The molecule has 3 nitrogen and oxygen atoms in total. The molecule has 1 saturated heterocycles. The molecule has 0 amide bonds. The second-order valence-electron chi connectivity index (χ2n) is 4.24. The Hall–Kier alpha value is -1.22. The van der Waals surface area contributed by atoms with Crippen molar-refractivity contribution in [2.24, 2.45) is 5.41 Å². The van der Waals surface area contributed by atoms with Crippen LogP contribution in [0, 0.1) is 5.41 Å². The fourth-order valence-electron chi connectivity index (χ4n) is 2.30. The first-order valence-electron chi connectivity index (χ1n) is 5.09. The molecule has 3 rings (SSSR count). The average Bonchev–Trinajstić information content (AvgIpc) is 2.63. The molecular formula is C11H13N3. The van der Waals surface area contributed by atoms with Crippen molar-refractivity contribution >= 4 is 5.57 Å². The molecule has 72 valence electrons. The average molecular weight is 187 g/mol. The van der Waals surface area contributed by atoms with Gasteiger partial charge in [-0.25, -0.2) is 0 Å². The van der Waals surface area contributed by atoms with Crippen LogP contribution in [-0.4, -0.2) is 23.3 Å². The molecule has 2 heterocycles. The minimum absolute atomic E-state index is 0.451. The Morgan fingerprint density at radius 2 is 2.29 bits per heavy atom. The molecule has 0 unspecified atom stereocenters. The van der Waals surface area contributed by atoms with Crippen LogP contribution >= 0.6 is 0 Å². The zero-order valence-corrected chi connectivity index (χ0v) is 8.03. The summed E-state index contributed by atoms with van der Waals surface area (Å²) < 4.78 is 0. The zero-order chi connectivity index (χ0) is 9.43. The van der Waals surface area contributed by atoms with Crippen molar-refractivity contribution in [1.82, 2.24) is 15.5 Å². The maximum atomic E-state index is 4.15. The van der Waals surface area contributed by atoms with Gasteiger partial charge in [-0.15, -0.1) is 0 Å². The molecule has 2 aliphatic rings. The maximum absolute atomic E-state index is 4.15. The maximum Gasteiger partial charge on any atom is 0.0886 e. The summed E-state index contributed by atoms with van der Waals surface area (Å²) >= 11 is 0. The summed E-state index contributed by atoms with van der Waals surface area (Å²) in [6, 6.07) is 4.00. The van der Waals surface area contributed by atoms with Gasteiger partial charge in [0.2, 0.25) is 0 Å². The van der Waals surface area contributed by atoms with E-state index in [0.29, 0.717) is 5.41 Å². The summed E-state index contributed by atoms with van der Waals surface area (Å²) in [4.78, 5) is 0. The lowest BCUT2D eigenvalue weighted by Crippen LogP contribution is -2.50. The van der Waals surface area contributed by atoms with Gasteiger partial charge >= 0.3 is 0 Å². The number of rotatable bonds is 1. The third-order valence-corrected chi connectivity index (χ3v) is 3.23. The van der Waals surface area contributed by atoms with Gasteiger partial charge < -0.3 is 5.32 Å². The predicted molar refractivity (Wildman–Crippen MR) is 54.5 cm³/mol. The molecule has 0 aromatic carbocycles. The van der Waals surface area contributed by atoms with Crippen molar-refractivity contribution in [3.63, 3.8) is 0 Å². The first-order valence-corrected chi connectivity index (χ1v) is 5.09. The van der Waals surface area contributed by atoms with E-state index >= 15 is 0 Å². The molecule has 1 spiro atoms. The molecular weight excluding hydrogens is 174 g/mol. The van der Waals surface area contributed by atoms with Gasteiger partial charge in [-0.05, 0) is 30.5 Å². The first kappa shape index (κ1) is 8.12.